The topological polar surface area (TPSA) is 59.3 Å². The number of ether oxygens (including phenoxy) is 2. The van der Waals surface area contributed by atoms with Gasteiger partial charge in [0.25, 0.3) is 0 Å². The fourth-order valence-electron chi connectivity index (χ4n) is 1.59. The fraction of sp³-hybridized carbons (Fsp3) is 0.167. The number of carbonyl (C=O) groups is 1. The summed E-state index contributed by atoms with van der Waals surface area (Å²) >= 11 is 3.19. The van der Waals surface area contributed by atoms with Crippen molar-refractivity contribution < 1.29 is 14.3 Å². The Morgan fingerprint density at radius 2 is 2.06 bits per heavy atom. The Hall–Kier alpha value is -1.80. The molecule has 1 atom stereocenters. The highest BCUT2D eigenvalue weighted by atomic mass is 79.9. The number of hydrogen-bond donors (Lipinski definition) is 0. The molecule has 1 aliphatic heterocycles. The van der Waals surface area contributed by atoms with Crippen LogP contribution in [-0.2, 0) is 14.3 Å². The maximum atomic E-state index is 11.7. The number of benzene rings is 1. The molecule has 1 aromatic carbocycles. The molecule has 0 amide bonds. The van der Waals surface area contributed by atoms with Crippen LogP contribution in [0, 0.1) is 11.3 Å². The summed E-state index contributed by atoms with van der Waals surface area (Å²) in [5.41, 5.74) is 1.60. The molecule has 2 rings (SSSR count). The Morgan fingerprint density at radius 3 is 2.59 bits per heavy atom. The van der Waals surface area contributed by atoms with Crippen molar-refractivity contribution in [3.05, 3.63) is 41.2 Å². The van der Waals surface area contributed by atoms with E-state index in [2.05, 4.69) is 15.9 Å². The zero-order valence-corrected chi connectivity index (χ0v) is 10.5. The molecule has 1 aromatic rings. The lowest BCUT2D eigenvalue weighted by Crippen LogP contribution is -2.02. The van der Waals surface area contributed by atoms with Crippen LogP contribution in [0.15, 0.2) is 30.0 Å². The Morgan fingerprint density at radius 1 is 1.41 bits per heavy atom. The van der Waals surface area contributed by atoms with Crippen molar-refractivity contribution in [2.75, 3.05) is 7.11 Å². The first-order chi connectivity index (χ1) is 8.17. The number of cyclic esters (lactones) is 1. The van der Waals surface area contributed by atoms with Crippen molar-refractivity contribution in [2.24, 2.45) is 0 Å². The third kappa shape index (κ3) is 2.04. The SMILES string of the molecule is COC1=C(c2ccc(C#N)cc2)C(=O)OC1Br. The van der Waals surface area contributed by atoms with Gasteiger partial charge in [-0.3, -0.25) is 0 Å². The van der Waals surface area contributed by atoms with E-state index in [0.29, 0.717) is 22.5 Å². The van der Waals surface area contributed by atoms with Crippen molar-refractivity contribution in [2.45, 2.75) is 5.01 Å². The number of alkyl halides is 1. The molecule has 4 nitrogen and oxygen atoms in total. The quantitative estimate of drug-likeness (QED) is 0.619. The molecule has 0 aliphatic carbocycles. The van der Waals surface area contributed by atoms with Gasteiger partial charge in [-0.05, 0) is 33.6 Å². The summed E-state index contributed by atoms with van der Waals surface area (Å²) in [6, 6.07) is 8.69. The number of halogens is 1. The van der Waals surface area contributed by atoms with Crippen LogP contribution in [0.5, 0.6) is 0 Å². The summed E-state index contributed by atoms with van der Waals surface area (Å²) in [6.07, 6.45) is 0. The zero-order chi connectivity index (χ0) is 12.4. The molecule has 5 heteroatoms. The highest BCUT2D eigenvalue weighted by Gasteiger charge is 2.34. The van der Waals surface area contributed by atoms with Gasteiger partial charge in [0, 0.05) is 0 Å². The molecule has 1 heterocycles. The molecule has 0 spiro atoms. The molecule has 1 aliphatic rings. The molecule has 0 aromatic heterocycles. The molecule has 0 saturated carbocycles. The summed E-state index contributed by atoms with van der Waals surface area (Å²) in [4.78, 5) is 11.7. The zero-order valence-electron chi connectivity index (χ0n) is 8.94. The van der Waals surface area contributed by atoms with Gasteiger partial charge in [-0.25, -0.2) is 4.79 Å². The predicted octanol–water partition coefficient (Wildman–Crippen LogP) is 2.19. The molecule has 86 valence electrons. The fourth-order valence-corrected chi connectivity index (χ4v) is 2.17. The summed E-state index contributed by atoms with van der Waals surface area (Å²) in [5, 5.41) is 8.15. The number of rotatable bonds is 2. The van der Waals surface area contributed by atoms with Crippen LogP contribution in [0.2, 0.25) is 0 Å². The molecule has 0 bridgehead atoms. The second-order valence-corrected chi connectivity index (χ2v) is 4.19. The van der Waals surface area contributed by atoms with Crippen LogP contribution in [0.25, 0.3) is 5.57 Å². The Balaban J connectivity index is 2.47. The summed E-state index contributed by atoms with van der Waals surface area (Å²) in [7, 11) is 1.48. The second-order valence-electron chi connectivity index (χ2n) is 3.35. The number of nitriles is 1. The summed E-state index contributed by atoms with van der Waals surface area (Å²) < 4.78 is 10.1. The van der Waals surface area contributed by atoms with E-state index in [9.17, 15) is 4.79 Å². The highest BCUT2D eigenvalue weighted by molar-refractivity contribution is 9.09. The normalized spacial score (nSPS) is 18.9. The minimum atomic E-state index is -0.550. The van der Waals surface area contributed by atoms with E-state index in [1.54, 1.807) is 24.3 Å². The van der Waals surface area contributed by atoms with Crippen molar-refractivity contribution in [1.29, 1.82) is 5.26 Å². The average molecular weight is 294 g/mol. The standard InChI is InChI=1S/C12H8BrNO3/c1-16-10-9(12(15)17-11(10)13)8-4-2-7(6-14)3-5-8/h2-5,11H,1H3. The number of nitrogens with zero attached hydrogens (tertiary/aromatic N) is 1. The monoisotopic (exact) mass is 293 g/mol. The van der Waals surface area contributed by atoms with E-state index < -0.39 is 11.0 Å². The van der Waals surface area contributed by atoms with Crippen LogP contribution in [-0.4, -0.2) is 18.1 Å². The van der Waals surface area contributed by atoms with Gasteiger partial charge in [0.15, 0.2) is 5.76 Å². The van der Waals surface area contributed by atoms with Crippen LogP contribution in [0.3, 0.4) is 0 Å². The van der Waals surface area contributed by atoms with Crippen molar-refractivity contribution in [1.82, 2.24) is 0 Å². The Kier molecular flexibility index (Phi) is 3.16. The Labute approximate surface area is 107 Å². The van der Waals surface area contributed by atoms with E-state index in [1.807, 2.05) is 6.07 Å². The molecule has 17 heavy (non-hydrogen) atoms. The third-order valence-corrected chi connectivity index (χ3v) is 2.99. The van der Waals surface area contributed by atoms with Crippen LogP contribution >= 0.6 is 15.9 Å². The Bertz CT molecular complexity index is 528. The number of hydrogen-bond acceptors (Lipinski definition) is 4. The minimum Gasteiger partial charge on any atom is -0.495 e. The first-order valence-electron chi connectivity index (χ1n) is 4.81. The summed E-state index contributed by atoms with van der Waals surface area (Å²) in [6.45, 7) is 0. The van der Waals surface area contributed by atoms with Gasteiger partial charge in [0.05, 0.1) is 18.7 Å². The van der Waals surface area contributed by atoms with E-state index in [-0.39, 0.29) is 0 Å². The van der Waals surface area contributed by atoms with Crippen molar-refractivity contribution in [3.63, 3.8) is 0 Å². The van der Waals surface area contributed by atoms with Crippen LogP contribution in [0.4, 0.5) is 0 Å². The van der Waals surface area contributed by atoms with Gasteiger partial charge in [-0.2, -0.15) is 5.26 Å². The van der Waals surface area contributed by atoms with E-state index in [0.717, 1.165) is 0 Å². The molecule has 0 fully saturated rings. The van der Waals surface area contributed by atoms with Gasteiger partial charge in [-0.15, -0.1) is 0 Å². The second kappa shape index (κ2) is 4.60. The lowest BCUT2D eigenvalue weighted by Gasteiger charge is -2.04. The first-order valence-corrected chi connectivity index (χ1v) is 5.72. The van der Waals surface area contributed by atoms with E-state index >= 15 is 0 Å². The van der Waals surface area contributed by atoms with Crippen molar-refractivity contribution in [3.8, 4) is 6.07 Å². The largest absolute Gasteiger partial charge is 0.495 e. The molecule has 0 saturated heterocycles. The predicted molar refractivity (Wildman–Crippen MR) is 63.9 cm³/mol. The van der Waals surface area contributed by atoms with Gasteiger partial charge in [0.1, 0.15) is 5.57 Å². The number of carbonyl (C=O) groups excluding carboxylic acids is 1. The van der Waals surface area contributed by atoms with E-state index in [4.69, 9.17) is 14.7 Å². The van der Waals surface area contributed by atoms with Gasteiger partial charge in [0.2, 0.25) is 5.01 Å². The maximum Gasteiger partial charge on any atom is 0.343 e. The van der Waals surface area contributed by atoms with Crippen LogP contribution in [0.1, 0.15) is 11.1 Å². The van der Waals surface area contributed by atoms with Gasteiger partial charge in [-0.1, -0.05) is 12.1 Å². The molecule has 0 radical (unpaired) electrons. The number of methoxy groups -OCH3 is 1. The number of esters is 1. The molecule has 1 unspecified atom stereocenters. The first kappa shape index (κ1) is 11.7. The molecular formula is C12H8BrNO3. The lowest BCUT2D eigenvalue weighted by atomic mass is 10.0. The van der Waals surface area contributed by atoms with Gasteiger partial charge < -0.3 is 9.47 Å². The van der Waals surface area contributed by atoms with Crippen molar-refractivity contribution >= 4 is 27.5 Å². The average Bonchev–Trinajstić information content (AvgIpc) is 2.63. The van der Waals surface area contributed by atoms with E-state index in [1.165, 1.54) is 7.11 Å². The molecule has 0 N–H and O–H groups in total. The highest BCUT2D eigenvalue weighted by Crippen LogP contribution is 2.33. The van der Waals surface area contributed by atoms with Crippen LogP contribution < -0.4 is 0 Å². The minimum absolute atomic E-state index is 0.388. The molecular weight excluding hydrogens is 286 g/mol. The smallest absolute Gasteiger partial charge is 0.343 e. The third-order valence-electron chi connectivity index (χ3n) is 2.39. The van der Waals surface area contributed by atoms with Gasteiger partial charge >= 0.3 is 5.97 Å². The maximum absolute atomic E-state index is 11.7. The lowest BCUT2D eigenvalue weighted by molar-refractivity contribution is -0.135. The summed E-state index contributed by atoms with van der Waals surface area (Å²) in [5.74, 6) is 0.00754.